The first-order chi connectivity index (χ1) is 6.84. The Hall–Kier alpha value is -0.390. The van der Waals surface area contributed by atoms with E-state index in [2.05, 4.69) is 34.7 Å². The minimum absolute atomic E-state index is 0.0756. The van der Waals surface area contributed by atoms with Crippen LogP contribution in [0.4, 0.5) is 0 Å². The highest BCUT2D eigenvalue weighted by molar-refractivity contribution is 14.1. The average molecular weight is 304 g/mol. The topological polar surface area (TPSA) is 29.5 Å². The molecule has 14 heavy (non-hydrogen) atoms. The third-order valence-electron chi connectivity index (χ3n) is 1.70. The predicted molar refractivity (Wildman–Crippen MR) is 65.0 cm³/mol. The molecule has 0 aliphatic rings. The number of halogens is 1. The van der Waals surface area contributed by atoms with Crippen LogP contribution in [0.15, 0.2) is 36.4 Å². The maximum Gasteiger partial charge on any atom is 0.0731 e. The van der Waals surface area contributed by atoms with E-state index in [1.165, 1.54) is 9.13 Å². The SMILES string of the molecule is OCC=CCOCc1ccccc1I. The molecule has 1 rings (SSSR count). The van der Waals surface area contributed by atoms with Gasteiger partial charge >= 0.3 is 0 Å². The van der Waals surface area contributed by atoms with Crippen molar-refractivity contribution in [2.45, 2.75) is 6.61 Å². The second kappa shape index (κ2) is 6.98. The molecule has 76 valence electrons. The molecule has 0 saturated carbocycles. The Balaban J connectivity index is 2.31. The summed E-state index contributed by atoms with van der Waals surface area (Å²) in [4.78, 5) is 0. The number of hydrogen-bond acceptors (Lipinski definition) is 2. The fourth-order valence-electron chi connectivity index (χ4n) is 0.995. The van der Waals surface area contributed by atoms with Crippen molar-refractivity contribution in [1.82, 2.24) is 0 Å². The molecular weight excluding hydrogens is 291 g/mol. The van der Waals surface area contributed by atoms with Crippen LogP contribution in [0.1, 0.15) is 5.56 Å². The van der Waals surface area contributed by atoms with Gasteiger partial charge in [-0.05, 0) is 34.2 Å². The summed E-state index contributed by atoms with van der Waals surface area (Å²) < 4.78 is 6.62. The van der Waals surface area contributed by atoms with Crippen LogP contribution in [0, 0.1) is 3.57 Å². The highest BCUT2D eigenvalue weighted by Crippen LogP contribution is 2.12. The van der Waals surface area contributed by atoms with Crippen LogP contribution < -0.4 is 0 Å². The Labute approximate surface area is 97.7 Å². The summed E-state index contributed by atoms with van der Waals surface area (Å²) in [5.41, 5.74) is 1.20. The van der Waals surface area contributed by atoms with E-state index in [0.717, 1.165) is 0 Å². The van der Waals surface area contributed by atoms with E-state index < -0.39 is 0 Å². The van der Waals surface area contributed by atoms with Gasteiger partial charge in [-0.15, -0.1) is 0 Å². The molecular formula is C11H13IO2. The molecule has 3 heteroatoms. The molecule has 1 aromatic rings. The summed E-state index contributed by atoms with van der Waals surface area (Å²) in [6, 6.07) is 8.13. The van der Waals surface area contributed by atoms with Crippen LogP contribution in [0.2, 0.25) is 0 Å². The number of aliphatic hydroxyl groups is 1. The molecule has 0 atom stereocenters. The highest BCUT2D eigenvalue weighted by Gasteiger charge is 1.96. The first kappa shape index (κ1) is 11.7. The summed E-state index contributed by atoms with van der Waals surface area (Å²) in [6.45, 7) is 1.24. The van der Waals surface area contributed by atoms with E-state index in [9.17, 15) is 0 Å². The van der Waals surface area contributed by atoms with Gasteiger partial charge in [0.05, 0.1) is 19.8 Å². The van der Waals surface area contributed by atoms with Crippen LogP contribution >= 0.6 is 22.6 Å². The van der Waals surface area contributed by atoms with Gasteiger partial charge in [-0.1, -0.05) is 30.4 Å². The molecule has 0 aliphatic carbocycles. The first-order valence-corrected chi connectivity index (χ1v) is 5.49. The normalized spacial score (nSPS) is 11.0. The Kier molecular flexibility index (Phi) is 5.82. The first-order valence-electron chi connectivity index (χ1n) is 4.41. The quantitative estimate of drug-likeness (QED) is 0.514. The molecule has 1 N–H and O–H groups in total. The molecule has 0 fully saturated rings. The minimum atomic E-state index is 0.0756. The molecule has 0 aliphatic heterocycles. The molecule has 1 aromatic carbocycles. The zero-order valence-corrected chi connectivity index (χ0v) is 9.98. The van der Waals surface area contributed by atoms with Crippen LogP contribution in [-0.4, -0.2) is 18.3 Å². The summed E-state index contributed by atoms with van der Waals surface area (Å²) in [5.74, 6) is 0. The Morgan fingerprint density at radius 3 is 2.79 bits per heavy atom. The summed E-state index contributed by atoms with van der Waals surface area (Å²) >= 11 is 2.29. The lowest BCUT2D eigenvalue weighted by Crippen LogP contribution is -1.95. The maximum atomic E-state index is 8.48. The molecule has 0 aromatic heterocycles. The van der Waals surface area contributed by atoms with E-state index in [1.54, 1.807) is 6.08 Å². The third-order valence-corrected chi connectivity index (χ3v) is 2.75. The zero-order valence-electron chi connectivity index (χ0n) is 7.82. The van der Waals surface area contributed by atoms with Gasteiger partial charge in [0.2, 0.25) is 0 Å². The van der Waals surface area contributed by atoms with Crippen molar-refractivity contribution >= 4 is 22.6 Å². The summed E-state index contributed by atoms with van der Waals surface area (Å²) in [5, 5.41) is 8.48. The maximum absolute atomic E-state index is 8.48. The van der Waals surface area contributed by atoms with Crippen LogP contribution in [0.3, 0.4) is 0 Å². The van der Waals surface area contributed by atoms with E-state index in [1.807, 2.05) is 18.2 Å². The van der Waals surface area contributed by atoms with Gasteiger partial charge in [0.25, 0.3) is 0 Å². The largest absolute Gasteiger partial charge is 0.392 e. The van der Waals surface area contributed by atoms with Crippen LogP contribution in [0.5, 0.6) is 0 Å². The molecule has 0 spiro atoms. The second-order valence-corrected chi connectivity index (χ2v) is 3.92. The lowest BCUT2D eigenvalue weighted by Gasteiger charge is -2.03. The molecule has 0 saturated heterocycles. The third kappa shape index (κ3) is 4.21. The highest BCUT2D eigenvalue weighted by atomic mass is 127. The van der Waals surface area contributed by atoms with Crippen molar-refractivity contribution in [2.24, 2.45) is 0 Å². The molecule has 0 unspecified atom stereocenters. The predicted octanol–water partition coefficient (Wildman–Crippen LogP) is 2.36. The van der Waals surface area contributed by atoms with Gasteiger partial charge < -0.3 is 9.84 Å². The standard InChI is InChI=1S/C11H13IO2/c12-11-6-2-1-5-10(11)9-14-8-4-3-7-13/h1-6,13H,7-9H2. The zero-order chi connectivity index (χ0) is 10.2. The van der Waals surface area contributed by atoms with Crippen molar-refractivity contribution in [3.8, 4) is 0 Å². The van der Waals surface area contributed by atoms with Gasteiger partial charge in [0.15, 0.2) is 0 Å². The van der Waals surface area contributed by atoms with E-state index >= 15 is 0 Å². The fraction of sp³-hybridized carbons (Fsp3) is 0.273. The van der Waals surface area contributed by atoms with Gasteiger partial charge in [0, 0.05) is 3.57 Å². The molecule has 2 nitrogen and oxygen atoms in total. The van der Waals surface area contributed by atoms with Crippen molar-refractivity contribution in [3.63, 3.8) is 0 Å². The van der Waals surface area contributed by atoms with E-state index in [4.69, 9.17) is 9.84 Å². The molecule has 0 heterocycles. The van der Waals surface area contributed by atoms with E-state index in [0.29, 0.717) is 13.2 Å². The van der Waals surface area contributed by atoms with Crippen molar-refractivity contribution in [3.05, 3.63) is 45.6 Å². The monoisotopic (exact) mass is 304 g/mol. The number of ether oxygens (including phenoxy) is 1. The smallest absolute Gasteiger partial charge is 0.0731 e. The number of benzene rings is 1. The Morgan fingerprint density at radius 2 is 2.07 bits per heavy atom. The summed E-state index contributed by atoms with van der Waals surface area (Å²) in [6.07, 6.45) is 3.49. The van der Waals surface area contributed by atoms with Crippen molar-refractivity contribution in [1.29, 1.82) is 0 Å². The average Bonchev–Trinajstić information content (AvgIpc) is 2.20. The van der Waals surface area contributed by atoms with Gasteiger partial charge in [0.1, 0.15) is 0 Å². The summed E-state index contributed by atoms with van der Waals surface area (Å²) in [7, 11) is 0. The van der Waals surface area contributed by atoms with Crippen molar-refractivity contribution < 1.29 is 9.84 Å². The fourth-order valence-corrected chi connectivity index (χ4v) is 1.54. The van der Waals surface area contributed by atoms with E-state index in [-0.39, 0.29) is 6.61 Å². The van der Waals surface area contributed by atoms with Gasteiger partial charge in [-0.3, -0.25) is 0 Å². The number of hydrogen-bond donors (Lipinski definition) is 1. The van der Waals surface area contributed by atoms with Gasteiger partial charge in [-0.25, -0.2) is 0 Å². The lowest BCUT2D eigenvalue weighted by atomic mass is 10.2. The minimum Gasteiger partial charge on any atom is -0.392 e. The Bertz CT molecular complexity index is 297. The lowest BCUT2D eigenvalue weighted by molar-refractivity contribution is 0.147. The molecule has 0 radical (unpaired) electrons. The number of rotatable bonds is 5. The second-order valence-electron chi connectivity index (χ2n) is 2.76. The van der Waals surface area contributed by atoms with Crippen LogP contribution in [-0.2, 0) is 11.3 Å². The Morgan fingerprint density at radius 1 is 1.29 bits per heavy atom. The molecule has 0 amide bonds. The van der Waals surface area contributed by atoms with Gasteiger partial charge in [-0.2, -0.15) is 0 Å². The van der Waals surface area contributed by atoms with Crippen LogP contribution in [0.25, 0.3) is 0 Å². The number of aliphatic hydroxyl groups excluding tert-OH is 1. The molecule has 0 bridgehead atoms. The van der Waals surface area contributed by atoms with Crippen molar-refractivity contribution in [2.75, 3.05) is 13.2 Å².